The van der Waals surface area contributed by atoms with Gasteiger partial charge in [-0.3, -0.25) is 9.89 Å². The van der Waals surface area contributed by atoms with E-state index >= 15 is 0 Å². The normalized spacial score (nSPS) is 13.3. The Morgan fingerprint density at radius 2 is 2.18 bits per heavy atom. The molecule has 0 radical (unpaired) electrons. The molecule has 1 amide bonds. The van der Waals surface area contributed by atoms with Crippen molar-refractivity contribution in [1.29, 1.82) is 0 Å². The van der Waals surface area contributed by atoms with Gasteiger partial charge in [-0.2, -0.15) is 5.10 Å². The Bertz CT molecular complexity index is 889. The summed E-state index contributed by atoms with van der Waals surface area (Å²) in [6, 6.07) is 7.15. The van der Waals surface area contributed by atoms with E-state index in [1.165, 1.54) is 0 Å². The molecule has 7 heteroatoms. The molecule has 6 nitrogen and oxygen atoms in total. The summed E-state index contributed by atoms with van der Waals surface area (Å²) < 4.78 is 0. The first kappa shape index (κ1) is 13.2. The summed E-state index contributed by atoms with van der Waals surface area (Å²) in [4.78, 5) is 17.0. The third kappa shape index (κ3) is 2.22. The average molecular weight is 314 g/mol. The quantitative estimate of drug-likeness (QED) is 0.678. The lowest BCUT2D eigenvalue weighted by atomic mass is 10.1. The summed E-state index contributed by atoms with van der Waals surface area (Å²) in [5, 5.41) is 14.0. The summed E-state index contributed by atoms with van der Waals surface area (Å²) in [5.41, 5.74) is 3.33. The Morgan fingerprint density at radius 3 is 3.09 bits per heavy atom. The van der Waals surface area contributed by atoms with E-state index in [0.29, 0.717) is 16.4 Å². The second kappa shape index (κ2) is 5.08. The van der Waals surface area contributed by atoms with E-state index in [1.807, 2.05) is 6.07 Å². The third-order valence-corrected chi connectivity index (χ3v) is 3.90. The molecule has 110 valence electrons. The number of anilines is 1. The minimum Gasteiger partial charge on any atom is -0.307 e. The maximum atomic E-state index is 12.5. The number of aromatic nitrogens is 3. The maximum absolute atomic E-state index is 12.5. The van der Waals surface area contributed by atoms with Crippen LogP contribution in [-0.4, -0.2) is 21.1 Å². The zero-order chi connectivity index (χ0) is 15.1. The van der Waals surface area contributed by atoms with Gasteiger partial charge in [0.15, 0.2) is 0 Å². The van der Waals surface area contributed by atoms with Crippen LogP contribution in [0.2, 0.25) is 5.02 Å². The third-order valence-electron chi connectivity index (χ3n) is 3.69. The highest BCUT2D eigenvalue weighted by Gasteiger charge is 2.16. The van der Waals surface area contributed by atoms with E-state index in [9.17, 15) is 4.79 Å². The standard InChI is InChI=1S/C15H12ClN5O/c16-9-3-10(11-6-18-21-12(11)4-9)15(22)20-14-2-1-8-5-17-7-13(8)19-14/h1-4,6,17H,5,7H2,(H,18,21)(H,19,20,22). The van der Waals surface area contributed by atoms with Crippen LogP contribution in [0.15, 0.2) is 30.5 Å². The summed E-state index contributed by atoms with van der Waals surface area (Å²) in [6.45, 7) is 1.54. The van der Waals surface area contributed by atoms with Gasteiger partial charge in [0, 0.05) is 23.5 Å². The van der Waals surface area contributed by atoms with Gasteiger partial charge in [-0.15, -0.1) is 0 Å². The van der Waals surface area contributed by atoms with Crippen LogP contribution in [0.5, 0.6) is 0 Å². The summed E-state index contributed by atoms with van der Waals surface area (Å²) >= 11 is 6.05. The largest absolute Gasteiger partial charge is 0.307 e. The van der Waals surface area contributed by atoms with Crippen LogP contribution in [-0.2, 0) is 13.1 Å². The topological polar surface area (TPSA) is 82.7 Å². The van der Waals surface area contributed by atoms with Crippen LogP contribution < -0.4 is 10.6 Å². The number of amides is 1. The summed E-state index contributed by atoms with van der Waals surface area (Å²) in [6.07, 6.45) is 1.61. The van der Waals surface area contributed by atoms with Crippen molar-refractivity contribution in [3.63, 3.8) is 0 Å². The molecule has 3 aromatic rings. The molecule has 0 bridgehead atoms. The van der Waals surface area contributed by atoms with Gasteiger partial charge in [-0.05, 0) is 23.8 Å². The minimum atomic E-state index is -0.257. The predicted octanol–water partition coefficient (Wildman–Crippen LogP) is 2.47. The van der Waals surface area contributed by atoms with Crippen molar-refractivity contribution in [2.75, 3.05) is 5.32 Å². The first-order valence-corrected chi connectivity index (χ1v) is 7.22. The lowest BCUT2D eigenvalue weighted by Crippen LogP contribution is -2.14. The first-order valence-electron chi connectivity index (χ1n) is 6.84. The number of nitrogens with one attached hydrogen (secondary N) is 3. The van der Waals surface area contributed by atoms with Crippen molar-refractivity contribution in [3.05, 3.63) is 52.3 Å². The van der Waals surface area contributed by atoms with Gasteiger partial charge < -0.3 is 10.6 Å². The molecule has 3 N–H and O–H groups in total. The van der Waals surface area contributed by atoms with Crippen molar-refractivity contribution in [2.24, 2.45) is 0 Å². The van der Waals surface area contributed by atoms with Crippen molar-refractivity contribution in [2.45, 2.75) is 13.1 Å². The number of fused-ring (bicyclic) bond motifs is 2. The molecule has 0 spiro atoms. The lowest BCUT2D eigenvalue weighted by Gasteiger charge is -2.07. The van der Waals surface area contributed by atoms with E-state index in [4.69, 9.17) is 11.6 Å². The van der Waals surface area contributed by atoms with Crippen LogP contribution in [0.3, 0.4) is 0 Å². The highest BCUT2D eigenvalue weighted by molar-refractivity contribution is 6.32. The SMILES string of the molecule is O=C(Nc1ccc2c(n1)CNC2)c1cc(Cl)cc2[nH]ncc12. The van der Waals surface area contributed by atoms with Gasteiger partial charge >= 0.3 is 0 Å². The molecule has 0 atom stereocenters. The van der Waals surface area contributed by atoms with E-state index in [-0.39, 0.29) is 5.91 Å². The van der Waals surface area contributed by atoms with Gasteiger partial charge in [0.05, 0.1) is 23.0 Å². The molecule has 0 saturated carbocycles. The molecule has 0 saturated heterocycles. The number of nitrogens with zero attached hydrogens (tertiary/aromatic N) is 2. The van der Waals surface area contributed by atoms with Crippen molar-refractivity contribution < 1.29 is 4.79 Å². The number of aromatic amines is 1. The number of carbonyl (C=O) groups is 1. The molecule has 1 aliphatic heterocycles. The van der Waals surface area contributed by atoms with Crippen LogP contribution in [0.4, 0.5) is 5.82 Å². The highest BCUT2D eigenvalue weighted by atomic mass is 35.5. The minimum absolute atomic E-state index is 0.257. The zero-order valence-electron chi connectivity index (χ0n) is 11.5. The second-order valence-corrected chi connectivity index (χ2v) is 5.58. The fourth-order valence-corrected chi connectivity index (χ4v) is 2.84. The van der Waals surface area contributed by atoms with Gasteiger partial charge in [0.2, 0.25) is 0 Å². The molecule has 0 unspecified atom stereocenters. The van der Waals surface area contributed by atoms with Crippen molar-refractivity contribution >= 4 is 34.2 Å². The van der Waals surface area contributed by atoms with E-state index in [2.05, 4.69) is 25.8 Å². The predicted molar refractivity (Wildman–Crippen MR) is 83.8 cm³/mol. The molecule has 0 fully saturated rings. The summed E-state index contributed by atoms with van der Waals surface area (Å²) in [7, 11) is 0. The Hall–Kier alpha value is -2.44. The number of hydrogen-bond donors (Lipinski definition) is 3. The van der Waals surface area contributed by atoms with Gasteiger partial charge in [-0.1, -0.05) is 17.7 Å². The Balaban J connectivity index is 1.68. The van der Waals surface area contributed by atoms with Gasteiger partial charge in [0.1, 0.15) is 5.82 Å². The fourth-order valence-electron chi connectivity index (χ4n) is 2.62. The van der Waals surface area contributed by atoms with Gasteiger partial charge in [-0.25, -0.2) is 4.98 Å². The molecular weight excluding hydrogens is 302 g/mol. The fraction of sp³-hybridized carbons (Fsp3) is 0.133. The number of pyridine rings is 1. The second-order valence-electron chi connectivity index (χ2n) is 5.14. The van der Waals surface area contributed by atoms with E-state index < -0.39 is 0 Å². The molecular formula is C15H12ClN5O. The highest BCUT2D eigenvalue weighted by Crippen LogP contribution is 2.23. The number of benzene rings is 1. The average Bonchev–Trinajstić information content (AvgIpc) is 3.13. The zero-order valence-corrected chi connectivity index (χ0v) is 12.2. The smallest absolute Gasteiger partial charge is 0.257 e. The Kier molecular flexibility index (Phi) is 3.06. The monoisotopic (exact) mass is 313 g/mol. The lowest BCUT2D eigenvalue weighted by molar-refractivity contribution is 0.102. The van der Waals surface area contributed by atoms with Crippen LogP contribution >= 0.6 is 11.6 Å². The number of halogens is 1. The van der Waals surface area contributed by atoms with Crippen molar-refractivity contribution in [3.8, 4) is 0 Å². The molecule has 1 aromatic carbocycles. The molecule has 0 aliphatic carbocycles. The molecule has 2 aromatic heterocycles. The number of H-pyrrole nitrogens is 1. The molecule has 1 aliphatic rings. The van der Waals surface area contributed by atoms with Gasteiger partial charge in [0.25, 0.3) is 5.91 Å². The molecule has 22 heavy (non-hydrogen) atoms. The van der Waals surface area contributed by atoms with Crippen molar-refractivity contribution in [1.82, 2.24) is 20.5 Å². The van der Waals surface area contributed by atoms with E-state index in [1.54, 1.807) is 24.4 Å². The molecule has 4 rings (SSSR count). The maximum Gasteiger partial charge on any atom is 0.257 e. The summed E-state index contributed by atoms with van der Waals surface area (Å²) in [5.74, 6) is 0.274. The van der Waals surface area contributed by atoms with Crippen LogP contribution in [0.25, 0.3) is 10.9 Å². The van der Waals surface area contributed by atoms with Crippen LogP contribution in [0, 0.1) is 0 Å². The Morgan fingerprint density at radius 1 is 1.27 bits per heavy atom. The Labute approximate surface area is 130 Å². The molecule has 3 heterocycles. The number of carbonyl (C=O) groups excluding carboxylic acids is 1. The van der Waals surface area contributed by atoms with E-state index in [0.717, 1.165) is 35.2 Å². The number of rotatable bonds is 2. The number of hydrogen-bond acceptors (Lipinski definition) is 4. The first-order chi connectivity index (χ1) is 10.7. The van der Waals surface area contributed by atoms with Crippen LogP contribution in [0.1, 0.15) is 21.6 Å².